The monoisotopic (exact) mass is 128 g/mol. The minimum atomic E-state index is 0. The van der Waals surface area contributed by atoms with Crippen molar-refractivity contribution in [2.24, 2.45) is 0 Å². The minimum absolute atomic E-state index is 0. The zero-order valence-electron chi connectivity index (χ0n) is 4.65. The Morgan fingerprint density at radius 3 is 2.14 bits per heavy atom. The molecule has 0 unspecified atom stereocenters. The van der Waals surface area contributed by atoms with Crippen LogP contribution in [-0.2, 0) is 0 Å². The van der Waals surface area contributed by atoms with Crippen molar-refractivity contribution in [1.82, 2.24) is 0 Å². The molecular formula is C5H9ClMg. The molecule has 0 aliphatic carbocycles. The van der Waals surface area contributed by atoms with Crippen LogP contribution in [0.25, 0.3) is 0 Å². The van der Waals surface area contributed by atoms with Gasteiger partial charge in [0.2, 0.25) is 0 Å². The Morgan fingerprint density at radius 1 is 1.43 bits per heavy atom. The molecule has 0 rings (SSSR count). The van der Waals surface area contributed by atoms with E-state index in [2.05, 4.69) is 19.1 Å². The maximum absolute atomic E-state index is 2.19. The molecule has 0 nitrogen and oxygen atoms in total. The fourth-order valence-corrected chi connectivity index (χ4v) is 0.520. The third kappa shape index (κ3) is 10.8. The Balaban J connectivity index is 0. The predicted octanol–water partition coefficient (Wildman–Crippen LogP) is -1.46. The van der Waals surface area contributed by atoms with E-state index in [0.717, 1.165) is 0 Å². The molecule has 0 bridgehead atoms. The van der Waals surface area contributed by atoms with Gasteiger partial charge in [-0.15, -0.1) is 0 Å². The van der Waals surface area contributed by atoms with Crippen LogP contribution in [0, 0.1) is 0 Å². The van der Waals surface area contributed by atoms with Crippen LogP contribution in [0.2, 0.25) is 4.55 Å². The van der Waals surface area contributed by atoms with E-state index in [1.165, 1.54) is 11.0 Å². The van der Waals surface area contributed by atoms with Gasteiger partial charge in [-0.25, -0.2) is 0 Å². The summed E-state index contributed by atoms with van der Waals surface area (Å²) in [6.45, 7) is 2.15. The summed E-state index contributed by atoms with van der Waals surface area (Å²) < 4.78 is 1.20. The van der Waals surface area contributed by atoms with E-state index in [1.807, 2.05) is 21.7 Å². The Hall–Kier alpha value is 0.796. The van der Waals surface area contributed by atoms with E-state index < -0.39 is 0 Å². The van der Waals surface area contributed by atoms with E-state index >= 15 is 0 Å². The normalized spacial score (nSPS) is 9.00. The van der Waals surface area contributed by atoms with Crippen LogP contribution < -0.4 is 12.4 Å². The molecule has 0 aromatic heterocycles. The van der Waals surface area contributed by atoms with Gasteiger partial charge >= 0.3 is 51.8 Å². The summed E-state index contributed by atoms with van der Waals surface area (Å²) in [6.07, 6.45) is 5.56. The van der Waals surface area contributed by atoms with Crippen LogP contribution in [-0.4, -0.2) is 21.7 Å². The number of hydrogen-bond donors (Lipinski definition) is 0. The minimum Gasteiger partial charge on any atom is -1.00 e. The first-order chi connectivity index (χ1) is 2.91. The molecule has 0 aromatic rings. The summed E-state index contributed by atoms with van der Waals surface area (Å²) in [4.78, 5) is 0. The molecule has 0 radical (unpaired) electrons. The average molecular weight is 129 g/mol. The van der Waals surface area contributed by atoms with Gasteiger partial charge in [0.05, 0.1) is 0 Å². The zero-order chi connectivity index (χ0) is 4.83. The maximum Gasteiger partial charge on any atom is -1.00 e. The first kappa shape index (κ1) is 10.7. The van der Waals surface area contributed by atoms with Gasteiger partial charge < -0.3 is 12.4 Å². The van der Waals surface area contributed by atoms with Crippen LogP contribution in [0.5, 0.6) is 0 Å². The molecule has 0 saturated carbocycles. The smallest absolute Gasteiger partial charge is 1.00 e. The summed E-state index contributed by atoms with van der Waals surface area (Å²) in [5.41, 5.74) is 0. The van der Waals surface area contributed by atoms with Gasteiger partial charge in [-0.3, -0.25) is 0 Å². The molecule has 0 aliphatic heterocycles. The van der Waals surface area contributed by atoms with Crippen molar-refractivity contribution in [3.8, 4) is 0 Å². The Labute approximate surface area is 64.2 Å². The number of rotatable bonds is 2. The van der Waals surface area contributed by atoms with Crippen molar-refractivity contribution < 1.29 is 12.4 Å². The number of hydrogen-bond acceptors (Lipinski definition) is 0. The molecule has 0 aromatic carbocycles. The molecule has 2 heteroatoms. The van der Waals surface area contributed by atoms with Crippen LogP contribution in [0.4, 0.5) is 0 Å². The van der Waals surface area contributed by atoms with Gasteiger partial charge in [0, 0.05) is 0 Å². The molecule has 0 N–H and O–H groups in total. The fraction of sp³-hybridized carbons (Fsp3) is 0.600. The van der Waals surface area contributed by atoms with Gasteiger partial charge in [-0.1, -0.05) is 0 Å². The summed E-state index contributed by atoms with van der Waals surface area (Å²) in [7, 11) is 0. The molecule has 0 fully saturated rings. The van der Waals surface area contributed by atoms with Gasteiger partial charge in [0.25, 0.3) is 0 Å². The van der Waals surface area contributed by atoms with Crippen molar-refractivity contribution in [2.75, 3.05) is 0 Å². The van der Waals surface area contributed by atoms with Crippen LogP contribution in [0.1, 0.15) is 13.3 Å². The molecule has 0 heterocycles. The topological polar surface area (TPSA) is 0 Å². The standard InChI is InChI=1S/C5H9.ClH.Mg/c1-3-5-4-2;;/h3,5H,1,4H2,2H3;1H;/q;;+1/p-1/b5-3-;;. The number of allylic oxidation sites excluding steroid dienone is 2. The van der Waals surface area contributed by atoms with Gasteiger partial charge in [0.15, 0.2) is 0 Å². The molecular weight excluding hydrogens is 120 g/mol. The Morgan fingerprint density at radius 2 is 2.00 bits per heavy atom. The summed E-state index contributed by atoms with van der Waals surface area (Å²) >= 11 is 1.98. The third-order valence-electron chi connectivity index (χ3n) is 0.569. The molecule has 7 heavy (non-hydrogen) atoms. The molecule has 0 saturated heterocycles. The predicted molar refractivity (Wildman–Crippen MR) is 30.0 cm³/mol. The summed E-state index contributed by atoms with van der Waals surface area (Å²) in [5, 5.41) is 0. The Bertz CT molecular complexity index is 37.3. The maximum atomic E-state index is 2.19. The third-order valence-corrected chi connectivity index (χ3v) is 0.902. The molecule has 0 aliphatic rings. The SMILES string of the molecule is CC/C=C\[CH2][Mg+].[Cl-]. The number of halogens is 1. The van der Waals surface area contributed by atoms with Gasteiger partial charge in [-0.2, -0.15) is 0 Å². The summed E-state index contributed by atoms with van der Waals surface area (Å²) in [6, 6.07) is 0. The summed E-state index contributed by atoms with van der Waals surface area (Å²) in [5.74, 6) is 0. The van der Waals surface area contributed by atoms with E-state index in [-0.39, 0.29) is 12.4 Å². The van der Waals surface area contributed by atoms with Crippen molar-refractivity contribution >= 4 is 21.7 Å². The van der Waals surface area contributed by atoms with Gasteiger partial charge in [-0.05, 0) is 0 Å². The van der Waals surface area contributed by atoms with Crippen molar-refractivity contribution in [2.45, 2.75) is 17.9 Å². The van der Waals surface area contributed by atoms with Crippen LogP contribution in [0.15, 0.2) is 12.2 Å². The average Bonchev–Trinajstić information content (AvgIpc) is 1.61. The van der Waals surface area contributed by atoms with Crippen LogP contribution in [0.3, 0.4) is 0 Å². The van der Waals surface area contributed by atoms with Gasteiger partial charge in [0.1, 0.15) is 0 Å². The van der Waals surface area contributed by atoms with Crippen molar-refractivity contribution in [3.05, 3.63) is 12.2 Å². The van der Waals surface area contributed by atoms with E-state index in [1.54, 1.807) is 0 Å². The Kier molecular flexibility index (Phi) is 15.2. The van der Waals surface area contributed by atoms with Crippen LogP contribution >= 0.6 is 0 Å². The van der Waals surface area contributed by atoms with Crippen molar-refractivity contribution in [1.29, 1.82) is 0 Å². The van der Waals surface area contributed by atoms with E-state index in [9.17, 15) is 0 Å². The fourth-order valence-electron chi connectivity index (χ4n) is 0.285. The second-order valence-corrected chi connectivity index (χ2v) is 1.75. The molecule has 0 amide bonds. The quantitative estimate of drug-likeness (QED) is 0.316. The molecule has 38 valence electrons. The molecule has 0 atom stereocenters. The molecule has 0 spiro atoms. The van der Waals surface area contributed by atoms with Crippen molar-refractivity contribution in [3.63, 3.8) is 0 Å². The van der Waals surface area contributed by atoms with E-state index in [0.29, 0.717) is 0 Å². The second kappa shape index (κ2) is 9.93. The largest absolute Gasteiger partial charge is 1.00 e. The first-order valence-corrected chi connectivity index (χ1v) is 3.36. The second-order valence-electron chi connectivity index (χ2n) is 1.17. The van der Waals surface area contributed by atoms with E-state index in [4.69, 9.17) is 0 Å². The zero-order valence-corrected chi connectivity index (χ0v) is 6.82. The first-order valence-electron chi connectivity index (χ1n) is 2.36.